The Labute approximate surface area is 171 Å². The number of thiazole rings is 1. The van der Waals surface area contributed by atoms with E-state index in [9.17, 15) is 0 Å². The zero-order valence-electron chi connectivity index (χ0n) is 18.2. The first-order valence-electron chi connectivity index (χ1n) is 9.91. The fourth-order valence-electron chi connectivity index (χ4n) is 3.97. The second kappa shape index (κ2) is 6.15. The second-order valence-corrected chi connectivity index (χ2v) is 10.8. The van der Waals surface area contributed by atoms with Gasteiger partial charge in [-0.25, -0.2) is 14.1 Å². The molecule has 0 unspecified atom stereocenters. The molecular formula is C24H30N3S+. The molecule has 0 saturated heterocycles. The summed E-state index contributed by atoms with van der Waals surface area (Å²) < 4.78 is 6.06. The number of hydrogen-bond donors (Lipinski definition) is 0. The van der Waals surface area contributed by atoms with Crippen LogP contribution in [0.3, 0.4) is 0 Å². The number of aromatic nitrogens is 3. The number of benzene rings is 2. The zero-order valence-corrected chi connectivity index (χ0v) is 19.0. The lowest BCUT2D eigenvalue weighted by molar-refractivity contribution is -0.634. The van der Waals surface area contributed by atoms with Crippen LogP contribution in [0.4, 0.5) is 0 Å². The van der Waals surface area contributed by atoms with Gasteiger partial charge in [-0.3, -0.25) is 0 Å². The average Bonchev–Trinajstić information content (AvgIpc) is 3.14. The van der Waals surface area contributed by atoms with Crippen LogP contribution in [0.25, 0.3) is 32.6 Å². The maximum absolute atomic E-state index is 5.15. The highest BCUT2D eigenvalue weighted by Crippen LogP contribution is 2.39. The van der Waals surface area contributed by atoms with Gasteiger partial charge in [0, 0.05) is 5.41 Å². The summed E-state index contributed by atoms with van der Waals surface area (Å²) >= 11 is 1.82. The van der Waals surface area contributed by atoms with Crippen molar-refractivity contribution in [1.29, 1.82) is 0 Å². The van der Waals surface area contributed by atoms with Crippen LogP contribution in [0.5, 0.6) is 0 Å². The number of imidazole rings is 1. The molecule has 0 N–H and O–H groups in total. The van der Waals surface area contributed by atoms with Crippen LogP contribution in [-0.4, -0.2) is 9.55 Å². The molecule has 28 heavy (non-hydrogen) atoms. The van der Waals surface area contributed by atoms with Crippen LogP contribution >= 0.6 is 11.3 Å². The quantitative estimate of drug-likeness (QED) is 0.359. The summed E-state index contributed by atoms with van der Waals surface area (Å²) in [6.07, 6.45) is 0. The van der Waals surface area contributed by atoms with Gasteiger partial charge < -0.3 is 0 Å². The minimum atomic E-state index is -0.0479. The van der Waals surface area contributed by atoms with Crippen molar-refractivity contribution >= 4 is 32.6 Å². The SMILES string of the molecule is Cc1ccc2sc(C(C)(C)C)nc2c1-c1n(C(C)(C)C)c2ccccc2[n+]1C. The number of para-hydroxylation sites is 2. The average molecular weight is 393 g/mol. The summed E-state index contributed by atoms with van der Waals surface area (Å²) in [7, 11) is 2.18. The zero-order chi connectivity index (χ0) is 20.4. The van der Waals surface area contributed by atoms with Crippen molar-refractivity contribution in [2.45, 2.75) is 59.4 Å². The molecule has 2 aromatic heterocycles. The Morgan fingerprint density at radius 1 is 0.964 bits per heavy atom. The van der Waals surface area contributed by atoms with Crippen molar-refractivity contribution in [1.82, 2.24) is 9.55 Å². The smallest absolute Gasteiger partial charge is 0.240 e. The summed E-state index contributed by atoms with van der Waals surface area (Å²) in [5, 5.41) is 1.19. The van der Waals surface area contributed by atoms with Crippen molar-refractivity contribution in [3.63, 3.8) is 0 Å². The molecule has 146 valence electrons. The summed E-state index contributed by atoms with van der Waals surface area (Å²) in [6.45, 7) is 15.8. The summed E-state index contributed by atoms with van der Waals surface area (Å²) in [4.78, 5) is 5.15. The monoisotopic (exact) mass is 392 g/mol. The first-order valence-corrected chi connectivity index (χ1v) is 10.7. The fraction of sp³-hybridized carbons (Fsp3) is 0.417. The van der Waals surface area contributed by atoms with Gasteiger partial charge in [-0.2, -0.15) is 0 Å². The van der Waals surface area contributed by atoms with Gasteiger partial charge in [-0.1, -0.05) is 39.0 Å². The van der Waals surface area contributed by atoms with E-state index in [0.717, 1.165) is 5.52 Å². The molecule has 0 atom stereocenters. The standard InChI is InChI=1S/C24H30N3S/c1-15-13-14-18-20(25-22(28-18)23(2,3)4)19(15)21-26(8)16-11-9-10-12-17(16)27(21)24(5,6)7/h9-14H,1-8H3/q+1. The number of nitrogens with zero attached hydrogens (tertiary/aromatic N) is 3. The summed E-state index contributed by atoms with van der Waals surface area (Å²) in [5.74, 6) is 1.22. The van der Waals surface area contributed by atoms with Crippen molar-refractivity contribution < 1.29 is 4.57 Å². The van der Waals surface area contributed by atoms with E-state index < -0.39 is 0 Å². The molecular weight excluding hydrogens is 362 g/mol. The maximum atomic E-state index is 5.15. The maximum Gasteiger partial charge on any atom is 0.292 e. The molecule has 0 aliphatic carbocycles. The Morgan fingerprint density at radius 2 is 1.64 bits per heavy atom. The van der Waals surface area contributed by atoms with Crippen LogP contribution in [0, 0.1) is 6.92 Å². The highest BCUT2D eigenvalue weighted by atomic mass is 32.1. The second-order valence-electron chi connectivity index (χ2n) is 9.75. The predicted octanol–water partition coefficient (Wildman–Crippen LogP) is 6.10. The summed E-state index contributed by atoms with van der Waals surface area (Å²) in [5.41, 5.74) is 6.14. The molecule has 0 fully saturated rings. The van der Waals surface area contributed by atoms with Crippen LogP contribution in [0.2, 0.25) is 0 Å². The Hall–Kier alpha value is -2.20. The minimum absolute atomic E-state index is 0.0479. The summed E-state index contributed by atoms with van der Waals surface area (Å²) in [6, 6.07) is 13.1. The van der Waals surface area contributed by atoms with E-state index in [2.05, 4.69) is 101 Å². The molecule has 0 amide bonds. The molecule has 0 aliphatic rings. The molecule has 0 saturated carbocycles. The highest BCUT2D eigenvalue weighted by molar-refractivity contribution is 7.18. The van der Waals surface area contributed by atoms with Crippen LogP contribution in [0.15, 0.2) is 36.4 Å². The molecule has 0 bridgehead atoms. The Morgan fingerprint density at radius 3 is 2.29 bits per heavy atom. The van der Waals surface area contributed by atoms with Crippen molar-refractivity contribution in [2.24, 2.45) is 7.05 Å². The predicted molar refractivity (Wildman–Crippen MR) is 120 cm³/mol. The largest absolute Gasteiger partial charge is 0.292 e. The van der Waals surface area contributed by atoms with Crippen molar-refractivity contribution in [3.8, 4) is 11.4 Å². The first-order chi connectivity index (χ1) is 13.0. The van der Waals surface area contributed by atoms with E-state index in [1.807, 2.05) is 11.3 Å². The lowest BCUT2D eigenvalue weighted by Crippen LogP contribution is -2.33. The lowest BCUT2D eigenvalue weighted by atomic mass is 9.98. The molecule has 2 aromatic carbocycles. The molecule has 2 heterocycles. The van der Waals surface area contributed by atoms with E-state index in [-0.39, 0.29) is 11.0 Å². The molecule has 4 rings (SSSR count). The van der Waals surface area contributed by atoms with Crippen LogP contribution < -0.4 is 4.57 Å². The van der Waals surface area contributed by atoms with Gasteiger partial charge in [-0.05, 0) is 51.5 Å². The molecule has 4 heteroatoms. The van der Waals surface area contributed by atoms with Crippen LogP contribution in [-0.2, 0) is 18.0 Å². The van der Waals surface area contributed by atoms with Gasteiger partial charge in [0.1, 0.15) is 5.54 Å². The number of hydrogen-bond acceptors (Lipinski definition) is 2. The van der Waals surface area contributed by atoms with E-state index in [1.54, 1.807) is 0 Å². The van der Waals surface area contributed by atoms with Crippen molar-refractivity contribution in [2.75, 3.05) is 0 Å². The Kier molecular flexibility index (Phi) is 4.20. The Bertz CT molecular complexity index is 1200. The van der Waals surface area contributed by atoms with E-state index in [4.69, 9.17) is 4.98 Å². The van der Waals surface area contributed by atoms with E-state index in [0.29, 0.717) is 0 Å². The van der Waals surface area contributed by atoms with Gasteiger partial charge in [0.15, 0.2) is 11.0 Å². The minimum Gasteiger partial charge on any atom is -0.240 e. The number of aryl methyl sites for hydroxylation is 2. The van der Waals surface area contributed by atoms with Crippen molar-refractivity contribution in [3.05, 3.63) is 47.0 Å². The van der Waals surface area contributed by atoms with Gasteiger partial charge in [-0.15, -0.1) is 11.3 Å². The molecule has 0 spiro atoms. The van der Waals surface area contributed by atoms with E-state index >= 15 is 0 Å². The number of rotatable bonds is 1. The third kappa shape index (κ3) is 2.86. The third-order valence-corrected chi connectivity index (χ3v) is 6.77. The number of fused-ring (bicyclic) bond motifs is 2. The topological polar surface area (TPSA) is 21.7 Å². The molecule has 0 aliphatic heterocycles. The van der Waals surface area contributed by atoms with Crippen LogP contribution in [0.1, 0.15) is 52.1 Å². The third-order valence-electron chi connectivity index (χ3n) is 5.32. The Balaban J connectivity index is 2.17. The van der Waals surface area contributed by atoms with Gasteiger partial charge in [0.2, 0.25) is 0 Å². The molecule has 0 radical (unpaired) electrons. The van der Waals surface area contributed by atoms with Gasteiger partial charge in [0.05, 0.1) is 27.8 Å². The highest BCUT2D eigenvalue weighted by Gasteiger charge is 2.34. The normalized spacial score (nSPS) is 13.0. The van der Waals surface area contributed by atoms with Gasteiger partial charge in [0.25, 0.3) is 5.82 Å². The first kappa shape index (κ1) is 19.1. The van der Waals surface area contributed by atoms with E-state index in [1.165, 1.54) is 37.7 Å². The molecule has 4 aromatic rings. The fourth-order valence-corrected chi connectivity index (χ4v) is 5.00. The molecule has 3 nitrogen and oxygen atoms in total. The van der Waals surface area contributed by atoms with Gasteiger partial charge >= 0.3 is 0 Å². The lowest BCUT2D eigenvalue weighted by Gasteiger charge is -2.19.